The molecule has 20 heavy (non-hydrogen) atoms. The standard InChI is InChI=1S/C14H12ClNO4/c1-7(17)10-6-9(15)4-8-5-11(14(18)20-3)13(19-2)16-12(8)10/h4-6H,1-3H3. The average Bonchev–Trinajstić information content (AvgIpc) is 2.43. The van der Waals surface area contributed by atoms with Gasteiger partial charge in [0.2, 0.25) is 5.88 Å². The molecule has 0 aliphatic carbocycles. The van der Waals surface area contributed by atoms with Crippen molar-refractivity contribution in [2.45, 2.75) is 6.92 Å². The lowest BCUT2D eigenvalue weighted by Crippen LogP contribution is -2.07. The van der Waals surface area contributed by atoms with Crippen LogP contribution >= 0.6 is 11.6 Å². The fourth-order valence-corrected chi connectivity index (χ4v) is 2.14. The van der Waals surface area contributed by atoms with Crippen LogP contribution in [0.5, 0.6) is 5.88 Å². The molecule has 1 heterocycles. The first-order valence-corrected chi connectivity index (χ1v) is 6.13. The summed E-state index contributed by atoms with van der Waals surface area (Å²) in [4.78, 5) is 27.6. The van der Waals surface area contributed by atoms with E-state index >= 15 is 0 Å². The SMILES string of the molecule is COC(=O)c1cc2cc(Cl)cc(C(C)=O)c2nc1OC. The van der Waals surface area contributed by atoms with Gasteiger partial charge in [-0.05, 0) is 25.1 Å². The van der Waals surface area contributed by atoms with Crippen LogP contribution in [0.15, 0.2) is 18.2 Å². The van der Waals surface area contributed by atoms with Crippen LogP contribution < -0.4 is 4.74 Å². The van der Waals surface area contributed by atoms with Crippen molar-refractivity contribution in [2.75, 3.05) is 14.2 Å². The summed E-state index contributed by atoms with van der Waals surface area (Å²) >= 11 is 5.98. The van der Waals surface area contributed by atoms with Gasteiger partial charge in [0.05, 0.1) is 19.7 Å². The number of benzene rings is 1. The summed E-state index contributed by atoms with van der Waals surface area (Å²) in [6.07, 6.45) is 0. The number of nitrogens with zero attached hydrogens (tertiary/aromatic N) is 1. The van der Waals surface area contributed by atoms with Crippen LogP contribution in [0.4, 0.5) is 0 Å². The quantitative estimate of drug-likeness (QED) is 0.643. The van der Waals surface area contributed by atoms with Gasteiger partial charge in [0, 0.05) is 16.0 Å². The summed E-state index contributed by atoms with van der Waals surface area (Å²) in [6.45, 7) is 1.42. The van der Waals surface area contributed by atoms with Crippen LogP contribution in [0.3, 0.4) is 0 Å². The van der Waals surface area contributed by atoms with Gasteiger partial charge in [-0.25, -0.2) is 9.78 Å². The molecule has 1 aromatic carbocycles. The first-order chi connectivity index (χ1) is 9.47. The third-order valence-electron chi connectivity index (χ3n) is 2.83. The van der Waals surface area contributed by atoms with Gasteiger partial charge in [0.25, 0.3) is 0 Å². The fourth-order valence-electron chi connectivity index (χ4n) is 1.91. The predicted molar refractivity (Wildman–Crippen MR) is 74.6 cm³/mol. The van der Waals surface area contributed by atoms with Crippen molar-refractivity contribution in [3.05, 3.63) is 34.3 Å². The highest BCUT2D eigenvalue weighted by atomic mass is 35.5. The normalized spacial score (nSPS) is 10.4. The Morgan fingerprint density at radius 1 is 1.15 bits per heavy atom. The third-order valence-corrected chi connectivity index (χ3v) is 3.04. The summed E-state index contributed by atoms with van der Waals surface area (Å²) in [5, 5.41) is 0.967. The minimum Gasteiger partial charge on any atom is -0.480 e. The van der Waals surface area contributed by atoms with E-state index in [4.69, 9.17) is 16.3 Å². The number of carbonyl (C=O) groups is 2. The molecule has 2 aromatic rings. The molecule has 0 unspecified atom stereocenters. The second-order valence-electron chi connectivity index (χ2n) is 4.12. The minimum absolute atomic E-state index is 0.106. The summed E-state index contributed by atoms with van der Waals surface area (Å²) in [6, 6.07) is 4.71. The van der Waals surface area contributed by atoms with E-state index in [1.807, 2.05) is 0 Å². The van der Waals surface area contributed by atoms with Crippen molar-refractivity contribution in [3.8, 4) is 5.88 Å². The van der Waals surface area contributed by atoms with Crippen molar-refractivity contribution < 1.29 is 19.1 Å². The number of Topliss-reactive ketones (excluding diaryl/α,β-unsaturated/α-hetero) is 1. The van der Waals surface area contributed by atoms with E-state index in [0.717, 1.165) is 0 Å². The minimum atomic E-state index is -0.569. The number of rotatable bonds is 3. The van der Waals surface area contributed by atoms with Crippen LogP contribution in [0.25, 0.3) is 10.9 Å². The van der Waals surface area contributed by atoms with Gasteiger partial charge >= 0.3 is 5.97 Å². The van der Waals surface area contributed by atoms with E-state index in [1.165, 1.54) is 27.2 Å². The summed E-state index contributed by atoms with van der Waals surface area (Å²) < 4.78 is 9.76. The Morgan fingerprint density at radius 3 is 2.40 bits per heavy atom. The topological polar surface area (TPSA) is 65.5 Å². The molecule has 0 saturated carbocycles. The Labute approximate surface area is 120 Å². The van der Waals surface area contributed by atoms with E-state index in [1.54, 1.807) is 12.1 Å². The van der Waals surface area contributed by atoms with Crippen LogP contribution in [0, 0.1) is 0 Å². The molecule has 0 spiro atoms. The van der Waals surface area contributed by atoms with E-state index in [0.29, 0.717) is 21.5 Å². The molecule has 0 N–H and O–H groups in total. The highest BCUT2D eigenvalue weighted by Gasteiger charge is 2.18. The lowest BCUT2D eigenvalue weighted by atomic mass is 10.1. The number of halogens is 1. The smallest absolute Gasteiger partial charge is 0.343 e. The number of methoxy groups -OCH3 is 2. The lowest BCUT2D eigenvalue weighted by Gasteiger charge is -2.10. The Bertz CT molecular complexity index is 712. The maximum Gasteiger partial charge on any atom is 0.343 e. The zero-order chi connectivity index (χ0) is 14.9. The number of hydrogen-bond acceptors (Lipinski definition) is 5. The number of ketones is 1. The molecule has 104 valence electrons. The average molecular weight is 294 g/mol. The number of hydrogen-bond donors (Lipinski definition) is 0. The van der Waals surface area contributed by atoms with E-state index in [-0.39, 0.29) is 17.2 Å². The first kappa shape index (κ1) is 14.3. The maximum atomic E-state index is 11.7. The van der Waals surface area contributed by atoms with Gasteiger partial charge in [0.1, 0.15) is 5.56 Å². The number of pyridine rings is 1. The zero-order valence-corrected chi connectivity index (χ0v) is 11.9. The van der Waals surface area contributed by atoms with Crippen molar-refractivity contribution in [3.63, 3.8) is 0 Å². The van der Waals surface area contributed by atoms with E-state index < -0.39 is 5.97 Å². The Morgan fingerprint density at radius 2 is 1.85 bits per heavy atom. The summed E-state index contributed by atoms with van der Waals surface area (Å²) in [5.41, 5.74) is 0.993. The maximum absolute atomic E-state index is 11.7. The van der Waals surface area contributed by atoms with Gasteiger partial charge in [-0.15, -0.1) is 0 Å². The predicted octanol–water partition coefficient (Wildman–Crippen LogP) is 2.89. The number of aromatic nitrogens is 1. The molecular formula is C14H12ClNO4. The fraction of sp³-hybridized carbons (Fsp3) is 0.214. The summed E-state index contributed by atoms with van der Waals surface area (Å²) in [5.74, 6) is -0.632. The monoisotopic (exact) mass is 293 g/mol. The molecule has 0 radical (unpaired) electrons. The summed E-state index contributed by atoms with van der Waals surface area (Å²) in [7, 11) is 2.66. The van der Waals surface area contributed by atoms with Crippen LogP contribution in [0.1, 0.15) is 27.6 Å². The van der Waals surface area contributed by atoms with Crippen molar-refractivity contribution >= 4 is 34.3 Å². The number of esters is 1. The largest absolute Gasteiger partial charge is 0.480 e. The van der Waals surface area contributed by atoms with Crippen molar-refractivity contribution in [2.24, 2.45) is 0 Å². The Balaban J connectivity index is 2.83. The molecule has 0 amide bonds. The second-order valence-corrected chi connectivity index (χ2v) is 4.55. The van der Waals surface area contributed by atoms with Crippen LogP contribution in [-0.2, 0) is 4.74 Å². The number of carbonyl (C=O) groups excluding carboxylic acids is 2. The van der Waals surface area contributed by atoms with Gasteiger partial charge in [0.15, 0.2) is 5.78 Å². The highest BCUT2D eigenvalue weighted by Crippen LogP contribution is 2.28. The lowest BCUT2D eigenvalue weighted by molar-refractivity contribution is 0.0596. The van der Waals surface area contributed by atoms with Crippen LogP contribution in [-0.4, -0.2) is 31.0 Å². The Kier molecular flexibility index (Phi) is 3.90. The molecule has 0 saturated heterocycles. The second kappa shape index (κ2) is 5.46. The van der Waals surface area contributed by atoms with Gasteiger partial charge in [-0.3, -0.25) is 4.79 Å². The van der Waals surface area contributed by atoms with Crippen molar-refractivity contribution in [1.82, 2.24) is 4.98 Å². The molecule has 0 fully saturated rings. The molecule has 1 aromatic heterocycles. The molecule has 2 rings (SSSR count). The van der Waals surface area contributed by atoms with E-state index in [9.17, 15) is 9.59 Å². The molecule has 0 bridgehead atoms. The molecule has 6 heteroatoms. The number of ether oxygens (including phenoxy) is 2. The molecule has 0 aliphatic heterocycles. The highest BCUT2D eigenvalue weighted by molar-refractivity contribution is 6.32. The van der Waals surface area contributed by atoms with Gasteiger partial charge in [-0.2, -0.15) is 0 Å². The third kappa shape index (κ3) is 2.44. The first-order valence-electron chi connectivity index (χ1n) is 5.75. The Hall–Kier alpha value is -2.14. The van der Waals surface area contributed by atoms with Gasteiger partial charge in [-0.1, -0.05) is 11.6 Å². The molecule has 0 atom stereocenters. The molecule has 0 aliphatic rings. The van der Waals surface area contributed by atoms with Gasteiger partial charge < -0.3 is 9.47 Å². The van der Waals surface area contributed by atoms with E-state index in [2.05, 4.69) is 9.72 Å². The van der Waals surface area contributed by atoms with Crippen LogP contribution in [0.2, 0.25) is 5.02 Å². The molecule has 5 nitrogen and oxygen atoms in total. The van der Waals surface area contributed by atoms with Crippen molar-refractivity contribution in [1.29, 1.82) is 0 Å². The number of fused-ring (bicyclic) bond motifs is 1. The zero-order valence-electron chi connectivity index (χ0n) is 11.2. The molecular weight excluding hydrogens is 282 g/mol.